The van der Waals surface area contributed by atoms with Gasteiger partial charge in [0, 0.05) is 42.3 Å². The van der Waals surface area contributed by atoms with E-state index in [-0.39, 0.29) is 11.8 Å². The summed E-state index contributed by atoms with van der Waals surface area (Å²) in [4.78, 5) is 25.0. The number of aromatic amines is 1. The van der Waals surface area contributed by atoms with E-state index in [1.54, 1.807) is 11.3 Å². The van der Waals surface area contributed by atoms with Crippen LogP contribution >= 0.6 is 11.3 Å². The Morgan fingerprint density at radius 2 is 2.11 bits per heavy atom. The smallest absolute Gasteiger partial charge is 0.274 e. The van der Waals surface area contributed by atoms with Gasteiger partial charge in [-0.25, -0.2) is 4.98 Å². The van der Waals surface area contributed by atoms with Gasteiger partial charge >= 0.3 is 0 Å². The number of pyridine rings is 1. The Balaban J connectivity index is 1.52. The molecule has 0 spiro atoms. The van der Waals surface area contributed by atoms with Crippen LogP contribution in [0.3, 0.4) is 0 Å². The second-order valence-electron chi connectivity index (χ2n) is 7.77. The van der Waals surface area contributed by atoms with Gasteiger partial charge in [-0.05, 0) is 49.9 Å². The Morgan fingerprint density at radius 3 is 2.79 bits per heavy atom. The lowest BCUT2D eigenvalue weighted by Crippen LogP contribution is -2.28. The summed E-state index contributed by atoms with van der Waals surface area (Å²) in [5, 5.41) is 8.24. The first kappa shape index (κ1) is 18.8. The van der Waals surface area contributed by atoms with E-state index in [0.29, 0.717) is 18.2 Å². The molecule has 1 N–H and O–H groups in total. The summed E-state index contributed by atoms with van der Waals surface area (Å²) >= 11 is 1.69. The monoisotopic (exact) mass is 395 g/mol. The zero-order chi connectivity index (χ0) is 19.8. The van der Waals surface area contributed by atoms with E-state index >= 15 is 0 Å². The number of carbonyl (C=O) groups is 1. The maximum Gasteiger partial charge on any atom is 0.274 e. The average molecular weight is 396 g/mol. The number of likely N-dealkylation sites (tertiary alicyclic amines) is 1. The van der Waals surface area contributed by atoms with Crippen LogP contribution in [0.2, 0.25) is 0 Å². The molecular formula is C21H25N5OS. The summed E-state index contributed by atoms with van der Waals surface area (Å²) in [5.41, 5.74) is 4.71. The third-order valence-electron chi connectivity index (χ3n) is 5.21. The fourth-order valence-electron chi connectivity index (χ4n) is 3.63. The molecule has 0 saturated carbocycles. The number of nitrogens with zero attached hydrogens (tertiary/aromatic N) is 4. The van der Waals surface area contributed by atoms with Crippen LogP contribution in [0.5, 0.6) is 0 Å². The van der Waals surface area contributed by atoms with Crippen LogP contribution < -0.4 is 0 Å². The molecule has 3 aromatic heterocycles. The molecule has 1 amide bonds. The minimum absolute atomic E-state index is 0.00314. The third kappa shape index (κ3) is 3.71. The number of amides is 1. The van der Waals surface area contributed by atoms with Crippen molar-refractivity contribution >= 4 is 17.2 Å². The summed E-state index contributed by atoms with van der Waals surface area (Å²) in [5.74, 6) is 0.572. The zero-order valence-corrected chi connectivity index (χ0v) is 17.5. The number of rotatable bonds is 4. The molecule has 146 valence electrons. The molecule has 1 saturated heterocycles. The highest BCUT2D eigenvalue weighted by Crippen LogP contribution is 2.32. The van der Waals surface area contributed by atoms with E-state index in [9.17, 15) is 4.79 Å². The number of hydrogen-bond donors (Lipinski definition) is 1. The van der Waals surface area contributed by atoms with Gasteiger partial charge in [0.2, 0.25) is 0 Å². The predicted octanol–water partition coefficient (Wildman–Crippen LogP) is 4.30. The highest BCUT2D eigenvalue weighted by Gasteiger charge is 2.30. The number of aryl methyl sites for hydroxylation is 2. The van der Waals surface area contributed by atoms with Crippen molar-refractivity contribution in [3.05, 3.63) is 52.2 Å². The number of hydrogen-bond acceptors (Lipinski definition) is 5. The fraction of sp³-hybridized carbons (Fsp3) is 0.429. The number of nitrogens with one attached hydrogen (secondary N) is 1. The van der Waals surface area contributed by atoms with Crippen molar-refractivity contribution in [3.63, 3.8) is 0 Å². The lowest BCUT2D eigenvalue weighted by atomic mass is 10.0. The van der Waals surface area contributed by atoms with Crippen LogP contribution in [0.15, 0.2) is 24.4 Å². The summed E-state index contributed by atoms with van der Waals surface area (Å²) in [7, 11) is 0. The van der Waals surface area contributed by atoms with Crippen molar-refractivity contribution in [1.29, 1.82) is 0 Å². The standard InChI is InChI=1S/C21H25N5OS/c1-12(2)17-9-19(25-24-17)21(27)26-6-5-15(11-26)18-8-16(7-13(3)23-18)20-10-22-14(4)28-20/h7-10,12,15H,5-6,11H2,1-4H3,(H,24,25). The maximum absolute atomic E-state index is 12.8. The Bertz CT molecular complexity index is 1010. The molecule has 6 nitrogen and oxygen atoms in total. The fourth-order valence-corrected chi connectivity index (χ4v) is 4.40. The predicted molar refractivity (Wildman–Crippen MR) is 111 cm³/mol. The molecule has 28 heavy (non-hydrogen) atoms. The Labute approximate surface area is 169 Å². The van der Waals surface area contributed by atoms with Gasteiger partial charge in [0.25, 0.3) is 5.91 Å². The summed E-state index contributed by atoms with van der Waals surface area (Å²) in [6.45, 7) is 9.62. The maximum atomic E-state index is 12.8. The van der Waals surface area contributed by atoms with Crippen LogP contribution in [0.1, 0.15) is 64.7 Å². The van der Waals surface area contributed by atoms with Crippen molar-refractivity contribution in [2.45, 2.75) is 46.0 Å². The van der Waals surface area contributed by atoms with Gasteiger partial charge in [0.1, 0.15) is 5.69 Å². The average Bonchev–Trinajstić information content (AvgIpc) is 3.40. The third-order valence-corrected chi connectivity index (χ3v) is 6.17. The first-order valence-electron chi connectivity index (χ1n) is 9.66. The van der Waals surface area contributed by atoms with E-state index < -0.39 is 0 Å². The molecule has 1 fully saturated rings. The number of H-pyrrole nitrogens is 1. The molecule has 0 bridgehead atoms. The minimum Gasteiger partial charge on any atom is -0.337 e. The lowest BCUT2D eigenvalue weighted by Gasteiger charge is -2.15. The van der Waals surface area contributed by atoms with Crippen molar-refractivity contribution in [1.82, 2.24) is 25.1 Å². The summed E-state index contributed by atoms with van der Waals surface area (Å²) in [6.07, 6.45) is 2.84. The molecule has 4 rings (SSSR count). The largest absolute Gasteiger partial charge is 0.337 e. The minimum atomic E-state index is -0.00314. The van der Waals surface area contributed by atoms with Gasteiger partial charge in [0.15, 0.2) is 0 Å². The second-order valence-corrected chi connectivity index (χ2v) is 9.00. The topological polar surface area (TPSA) is 74.8 Å². The molecule has 1 aliphatic heterocycles. The lowest BCUT2D eigenvalue weighted by molar-refractivity contribution is 0.0785. The van der Waals surface area contributed by atoms with Gasteiger partial charge in [-0.3, -0.25) is 14.9 Å². The Morgan fingerprint density at radius 1 is 1.29 bits per heavy atom. The van der Waals surface area contributed by atoms with Crippen LogP contribution in [-0.4, -0.2) is 44.1 Å². The van der Waals surface area contributed by atoms with Gasteiger partial charge in [0.05, 0.1) is 9.88 Å². The molecule has 1 atom stereocenters. The molecule has 0 aliphatic carbocycles. The van der Waals surface area contributed by atoms with Gasteiger partial charge in [-0.2, -0.15) is 5.10 Å². The van der Waals surface area contributed by atoms with Crippen LogP contribution in [0.4, 0.5) is 0 Å². The van der Waals surface area contributed by atoms with Crippen molar-refractivity contribution in [2.75, 3.05) is 13.1 Å². The quantitative estimate of drug-likeness (QED) is 0.715. The van der Waals surface area contributed by atoms with E-state index in [2.05, 4.69) is 41.2 Å². The molecule has 0 radical (unpaired) electrons. The van der Waals surface area contributed by atoms with Crippen molar-refractivity contribution in [3.8, 4) is 10.4 Å². The van der Waals surface area contributed by atoms with Crippen LogP contribution in [-0.2, 0) is 0 Å². The van der Waals surface area contributed by atoms with E-state index in [4.69, 9.17) is 4.98 Å². The SMILES string of the molecule is Cc1cc(-c2cnc(C)s2)cc(C2CCN(C(=O)c3cc(C(C)C)[nH]n3)C2)n1. The molecule has 0 aromatic carbocycles. The normalized spacial score (nSPS) is 16.9. The first-order valence-corrected chi connectivity index (χ1v) is 10.5. The first-order chi connectivity index (χ1) is 13.4. The van der Waals surface area contributed by atoms with Crippen molar-refractivity contribution in [2.24, 2.45) is 0 Å². The Hall–Kier alpha value is -2.54. The summed E-state index contributed by atoms with van der Waals surface area (Å²) < 4.78 is 0. The second kappa shape index (κ2) is 7.47. The van der Waals surface area contributed by atoms with Crippen molar-refractivity contribution < 1.29 is 4.79 Å². The van der Waals surface area contributed by atoms with E-state index in [0.717, 1.165) is 45.5 Å². The zero-order valence-electron chi connectivity index (χ0n) is 16.7. The van der Waals surface area contributed by atoms with E-state index in [1.807, 2.05) is 31.0 Å². The summed E-state index contributed by atoms with van der Waals surface area (Å²) in [6, 6.07) is 6.13. The van der Waals surface area contributed by atoms with Crippen LogP contribution in [0.25, 0.3) is 10.4 Å². The molecule has 3 aromatic rings. The number of carbonyl (C=O) groups excluding carboxylic acids is 1. The molecule has 1 unspecified atom stereocenters. The van der Waals surface area contributed by atoms with Gasteiger partial charge in [-0.15, -0.1) is 11.3 Å². The number of thiazole rings is 1. The highest BCUT2D eigenvalue weighted by atomic mass is 32.1. The highest BCUT2D eigenvalue weighted by molar-refractivity contribution is 7.15. The van der Waals surface area contributed by atoms with Crippen LogP contribution in [0, 0.1) is 13.8 Å². The molecule has 1 aliphatic rings. The van der Waals surface area contributed by atoms with E-state index in [1.165, 1.54) is 0 Å². The molecule has 7 heteroatoms. The van der Waals surface area contributed by atoms with Gasteiger partial charge in [-0.1, -0.05) is 13.8 Å². The van der Waals surface area contributed by atoms with Gasteiger partial charge < -0.3 is 4.90 Å². The molecular weight excluding hydrogens is 370 g/mol. The molecule has 4 heterocycles. The Kier molecular flexibility index (Phi) is 5.02. The number of aromatic nitrogens is 4.